The Balaban J connectivity index is 1.67. The van der Waals surface area contributed by atoms with E-state index in [2.05, 4.69) is 16.4 Å². The van der Waals surface area contributed by atoms with Crippen LogP contribution < -0.4 is 9.47 Å². The summed E-state index contributed by atoms with van der Waals surface area (Å²) in [6, 6.07) is 5.55. The van der Waals surface area contributed by atoms with Gasteiger partial charge in [-0.15, -0.1) is 0 Å². The van der Waals surface area contributed by atoms with Crippen LogP contribution >= 0.6 is 0 Å². The first-order valence-corrected chi connectivity index (χ1v) is 10.6. The maximum absolute atomic E-state index is 14.6. The van der Waals surface area contributed by atoms with Gasteiger partial charge in [0, 0.05) is 6.07 Å². The van der Waals surface area contributed by atoms with Crippen molar-refractivity contribution >= 4 is 0 Å². The van der Waals surface area contributed by atoms with Crippen LogP contribution in [0.2, 0.25) is 0 Å². The molecule has 0 saturated carbocycles. The van der Waals surface area contributed by atoms with Gasteiger partial charge in [0.2, 0.25) is 0 Å². The molecule has 0 amide bonds. The third kappa shape index (κ3) is 6.66. The first-order valence-electron chi connectivity index (χ1n) is 10.6. The van der Waals surface area contributed by atoms with Gasteiger partial charge in [-0.05, 0) is 55.0 Å². The second-order valence-electron chi connectivity index (χ2n) is 7.88. The number of rotatable bonds is 9. The maximum atomic E-state index is 14.6. The Hall–Kier alpha value is -2.68. The molecule has 0 aromatic heterocycles. The Morgan fingerprint density at radius 2 is 1.88 bits per heavy atom. The zero-order valence-corrected chi connectivity index (χ0v) is 17.9. The fourth-order valence-electron chi connectivity index (χ4n) is 3.71. The van der Waals surface area contributed by atoms with E-state index in [0.29, 0.717) is 30.6 Å². The van der Waals surface area contributed by atoms with E-state index in [1.807, 2.05) is 0 Å². The number of halogens is 6. The van der Waals surface area contributed by atoms with Gasteiger partial charge in [-0.2, -0.15) is 17.6 Å². The van der Waals surface area contributed by atoms with E-state index in [-0.39, 0.29) is 12.4 Å². The topological polar surface area (TPSA) is 27.7 Å². The lowest BCUT2D eigenvalue weighted by Gasteiger charge is -2.29. The van der Waals surface area contributed by atoms with Crippen LogP contribution in [0.3, 0.4) is 0 Å². The molecule has 0 radical (unpaired) electrons. The fourth-order valence-corrected chi connectivity index (χ4v) is 3.71. The van der Waals surface area contributed by atoms with Crippen molar-refractivity contribution in [3.63, 3.8) is 0 Å². The van der Waals surface area contributed by atoms with Crippen LogP contribution in [0.4, 0.5) is 26.3 Å². The van der Waals surface area contributed by atoms with Gasteiger partial charge in [0.05, 0.1) is 18.3 Å². The third-order valence-corrected chi connectivity index (χ3v) is 5.44. The van der Waals surface area contributed by atoms with Gasteiger partial charge >= 0.3 is 12.2 Å². The fraction of sp³-hybridized carbons (Fsp3) is 0.417. The van der Waals surface area contributed by atoms with Gasteiger partial charge in [0.15, 0.2) is 17.8 Å². The molecule has 0 spiro atoms. The second kappa shape index (κ2) is 11.0. The van der Waals surface area contributed by atoms with Crippen LogP contribution in [0, 0.1) is 17.6 Å². The summed E-state index contributed by atoms with van der Waals surface area (Å²) in [5, 5.41) is 0. The molecule has 2 atom stereocenters. The average Bonchev–Trinajstić information content (AvgIpc) is 2.77. The second-order valence-corrected chi connectivity index (χ2v) is 7.88. The van der Waals surface area contributed by atoms with Crippen molar-refractivity contribution in [2.75, 3.05) is 6.61 Å². The van der Waals surface area contributed by atoms with Gasteiger partial charge < -0.3 is 14.2 Å². The highest BCUT2D eigenvalue weighted by atomic mass is 19.3. The third-order valence-electron chi connectivity index (χ3n) is 5.44. The minimum absolute atomic E-state index is 0.00581. The number of hydrogen-bond acceptors (Lipinski definition) is 3. The minimum atomic E-state index is -4.11. The summed E-state index contributed by atoms with van der Waals surface area (Å²) in [6.07, 6.45) is -1.79. The predicted octanol–water partition coefficient (Wildman–Crippen LogP) is 7.87. The molecule has 2 aromatic carbocycles. The van der Waals surface area contributed by atoms with Crippen LogP contribution in [-0.4, -0.2) is 6.61 Å². The summed E-state index contributed by atoms with van der Waals surface area (Å²) in [6.45, 7) is 2.66. The van der Waals surface area contributed by atoms with Crippen molar-refractivity contribution in [2.24, 2.45) is 5.92 Å². The number of alkyl halides is 2. The average molecular weight is 474 g/mol. The summed E-state index contributed by atoms with van der Waals surface area (Å²) in [5.41, 5.74) is -0.562. The molecule has 3 rings (SSSR count). The molecule has 33 heavy (non-hydrogen) atoms. The first kappa shape index (κ1) is 25.0. The summed E-state index contributed by atoms with van der Waals surface area (Å²) in [7, 11) is 0. The molecule has 1 saturated heterocycles. The van der Waals surface area contributed by atoms with Crippen LogP contribution in [0.15, 0.2) is 48.7 Å². The molecule has 0 N–H and O–H groups in total. The van der Waals surface area contributed by atoms with Crippen LogP contribution in [-0.2, 0) is 10.8 Å². The summed E-state index contributed by atoms with van der Waals surface area (Å²) < 4.78 is 96.4. The van der Waals surface area contributed by atoms with E-state index in [1.165, 1.54) is 6.07 Å². The van der Waals surface area contributed by atoms with E-state index < -0.39 is 40.9 Å². The van der Waals surface area contributed by atoms with Crippen molar-refractivity contribution in [2.45, 2.75) is 51.2 Å². The Bertz CT molecular complexity index is 967. The monoisotopic (exact) mass is 474 g/mol. The van der Waals surface area contributed by atoms with Crippen molar-refractivity contribution in [1.82, 2.24) is 0 Å². The Morgan fingerprint density at radius 1 is 1.09 bits per heavy atom. The molecule has 180 valence electrons. The zero-order valence-electron chi connectivity index (χ0n) is 17.9. The van der Waals surface area contributed by atoms with Crippen LogP contribution in [0.25, 0.3) is 0 Å². The SMILES string of the molecule is CCCCC1CCC(c2ccc(C(F)(F)Oc3ccc(OC=C(F)F)c(F)c3)c(F)c2)OC1. The lowest BCUT2D eigenvalue weighted by atomic mass is 9.91. The van der Waals surface area contributed by atoms with E-state index in [1.54, 1.807) is 0 Å². The van der Waals surface area contributed by atoms with E-state index in [4.69, 9.17) is 4.74 Å². The molecule has 2 aromatic rings. The van der Waals surface area contributed by atoms with E-state index in [0.717, 1.165) is 49.9 Å². The van der Waals surface area contributed by atoms with Gasteiger partial charge in [0.1, 0.15) is 11.6 Å². The highest BCUT2D eigenvalue weighted by Gasteiger charge is 2.38. The van der Waals surface area contributed by atoms with Crippen molar-refractivity contribution in [3.8, 4) is 11.5 Å². The molecular formula is C24H24F6O3. The van der Waals surface area contributed by atoms with E-state index in [9.17, 15) is 26.3 Å². The molecular weight excluding hydrogens is 450 g/mol. The molecule has 9 heteroatoms. The van der Waals surface area contributed by atoms with Gasteiger partial charge in [-0.25, -0.2) is 8.78 Å². The number of benzene rings is 2. The Labute approximate surface area is 188 Å². The van der Waals surface area contributed by atoms with Crippen LogP contribution in [0.5, 0.6) is 11.5 Å². The van der Waals surface area contributed by atoms with Crippen molar-refractivity contribution < 1.29 is 40.6 Å². The quantitative estimate of drug-likeness (QED) is 0.273. The molecule has 1 aliphatic heterocycles. The Morgan fingerprint density at radius 3 is 2.48 bits per heavy atom. The molecule has 1 fully saturated rings. The largest absolute Gasteiger partial charge is 0.456 e. The van der Waals surface area contributed by atoms with Crippen molar-refractivity contribution in [3.05, 3.63) is 71.5 Å². The van der Waals surface area contributed by atoms with Crippen molar-refractivity contribution in [1.29, 1.82) is 0 Å². The zero-order chi connectivity index (χ0) is 24.0. The summed E-state index contributed by atoms with van der Waals surface area (Å²) >= 11 is 0. The summed E-state index contributed by atoms with van der Waals surface area (Å²) in [5.74, 6) is -3.18. The molecule has 0 bridgehead atoms. The highest BCUT2D eigenvalue weighted by molar-refractivity contribution is 5.35. The minimum Gasteiger partial charge on any atom is -0.456 e. The standard InChI is InChI=1S/C24H24F6O3/c1-2-3-4-15-5-9-21(31-13-15)16-6-8-18(19(25)11-16)24(29,30)33-17-7-10-22(20(26)12-17)32-14-23(27)28/h6-8,10-12,14-15,21H,2-5,9,13H2,1H3. The Kier molecular flexibility index (Phi) is 8.29. The van der Waals surface area contributed by atoms with E-state index >= 15 is 0 Å². The van der Waals surface area contributed by atoms with Crippen LogP contribution in [0.1, 0.15) is 56.3 Å². The smallest absolute Gasteiger partial charge is 0.429 e. The molecule has 1 heterocycles. The summed E-state index contributed by atoms with van der Waals surface area (Å²) in [4.78, 5) is 0. The molecule has 2 unspecified atom stereocenters. The lowest BCUT2D eigenvalue weighted by Crippen LogP contribution is -2.24. The number of hydrogen-bond donors (Lipinski definition) is 0. The van der Waals surface area contributed by atoms with Gasteiger partial charge in [0.25, 0.3) is 0 Å². The predicted molar refractivity (Wildman–Crippen MR) is 109 cm³/mol. The molecule has 3 nitrogen and oxygen atoms in total. The maximum Gasteiger partial charge on any atom is 0.429 e. The highest BCUT2D eigenvalue weighted by Crippen LogP contribution is 2.38. The lowest BCUT2D eigenvalue weighted by molar-refractivity contribution is -0.187. The number of unbranched alkanes of at least 4 members (excludes halogenated alkanes) is 1. The normalized spacial score (nSPS) is 18.6. The number of ether oxygens (including phenoxy) is 3. The molecule has 1 aliphatic rings. The first-order chi connectivity index (χ1) is 15.7. The molecule has 0 aliphatic carbocycles. The van der Waals surface area contributed by atoms with Gasteiger partial charge in [-0.1, -0.05) is 25.8 Å². The van der Waals surface area contributed by atoms with Gasteiger partial charge in [-0.3, -0.25) is 0 Å².